The van der Waals surface area contributed by atoms with Gasteiger partial charge in [-0.3, -0.25) is 10.1 Å². The van der Waals surface area contributed by atoms with E-state index in [0.717, 1.165) is 22.6 Å². The summed E-state index contributed by atoms with van der Waals surface area (Å²) in [4.78, 5) is 10.4. The Bertz CT molecular complexity index is 770. The molecule has 2 heterocycles. The standard InChI is InChI=1S/C16H13N3O3/c20-19(21)11-7-5-10(6-8-11)15-13-9-22-14-4-2-1-3-12(14)16(13)18-17-15/h1-8,13,15,17H,9H2/t13-,15-/m0/s1. The highest BCUT2D eigenvalue weighted by molar-refractivity contribution is 6.06. The monoisotopic (exact) mass is 295 g/mol. The van der Waals surface area contributed by atoms with Crippen LogP contribution in [0.1, 0.15) is 17.2 Å². The van der Waals surface area contributed by atoms with Crippen LogP contribution in [0.25, 0.3) is 0 Å². The number of hydrogen-bond donors (Lipinski definition) is 1. The summed E-state index contributed by atoms with van der Waals surface area (Å²) >= 11 is 0. The van der Waals surface area contributed by atoms with Gasteiger partial charge in [0.2, 0.25) is 0 Å². The molecule has 0 amide bonds. The van der Waals surface area contributed by atoms with Gasteiger partial charge in [0.25, 0.3) is 5.69 Å². The van der Waals surface area contributed by atoms with Crippen molar-refractivity contribution in [2.75, 3.05) is 6.61 Å². The van der Waals surface area contributed by atoms with Crippen molar-refractivity contribution in [2.24, 2.45) is 11.0 Å². The molecule has 2 aliphatic heterocycles. The van der Waals surface area contributed by atoms with E-state index in [1.165, 1.54) is 12.1 Å². The van der Waals surface area contributed by atoms with Gasteiger partial charge in [-0.2, -0.15) is 5.10 Å². The summed E-state index contributed by atoms with van der Waals surface area (Å²) in [6.07, 6.45) is 0. The van der Waals surface area contributed by atoms with Crippen molar-refractivity contribution in [3.63, 3.8) is 0 Å². The Morgan fingerprint density at radius 2 is 1.95 bits per heavy atom. The maximum Gasteiger partial charge on any atom is 0.269 e. The summed E-state index contributed by atoms with van der Waals surface area (Å²) in [5.74, 6) is 0.958. The van der Waals surface area contributed by atoms with Crippen molar-refractivity contribution in [2.45, 2.75) is 6.04 Å². The first-order valence-electron chi connectivity index (χ1n) is 7.04. The van der Waals surface area contributed by atoms with Gasteiger partial charge in [-0.05, 0) is 17.7 Å². The second-order valence-corrected chi connectivity index (χ2v) is 5.37. The number of nitro benzene ring substituents is 1. The van der Waals surface area contributed by atoms with Crippen LogP contribution in [-0.4, -0.2) is 17.2 Å². The highest BCUT2D eigenvalue weighted by atomic mass is 16.6. The fourth-order valence-electron chi connectivity index (χ4n) is 3.00. The van der Waals surface area contributed by atoms with Gasteiger partial charge in [-0.1, -0.05) is 24.3 Å². The maximum absolute atomic E-state index is 10.7. The zero-order valence-electron chi connectivity index (χ0n) is 11.6. The Kier molecular flexibility index (Phi) is 2.82. The average molecular weight is 295 g/mol. The molecule has 0 aliphatic carbocycles. The number of hydrazone groups is 1. The Balaban J connectivity index is 1.64. The van der Waals surface area contributed by atoms with Crippen molar-refractivity contribution < 1.29 is 9.66 Å². The third-order valence-corrected chi connectivity index (χ3v) is 4.12. The molecule has 2 atom stereocenters. The number of nitrogens with one attached hydrogen (secondary N) is 1. The molecule has 0 radical (unpaired) electrons. The lowest BCUT2D eigenvalue weighted by molar-refractivity contribution is -0.384. The van der Waals surface area contributed by atoms with Crippen molar-refractivity contribution >= 4 is 11.4 Å². The van der Waals surface area contributed by atoms with Crippen molar-refractivity contribution in [1.29, 1.82) is 0 Å². The Morgan fingerprint density at radius 1 is 1.18 bits per heavy atom. The SMILES string of the molecule is O=[N+]([O-])c1ccc([C@@H]2NN=C3c4ccccc4OC[C@H]32)cc1. The lowest BCUT2D eigenvalue weighted by Crippen LogP contribution is -2.31. The van der Waals surface area contributed by atoms with Gasteiger partial charge in [-0.25, -0.2) is 0 Å². The number of benzene rings is 2. The van der Waals surface area contributed by atoms with Crippen LogP contribution in [0.5, 0.6) is 5.75 Å². The highest BCUT2D eigenvalue weighted by Gasteiger charge is 2.38. The third-order valence-electron chi connectivity index (χ3n) is 4.12. The van der Waals surface area contributed by atoms with E-state index in [9.17, 15) is 10.1 Å². The zero-order valence-corrected chi connectivity index (χ0v) is 11.6. The van der Waals surface area contributed by atoms with E-state index in [-0.39, 0.29) is 17.6 Å². The predicted molar refractivity (Wildman–Crippen MR) is 80.9 cm³/mol. The lowest BCUT2D eigenvalue weighted by Gasteiger charge is -2.26. The van der Waals surface area contributed by atoms with Crippen LogP contribution in [-0.2, 0) is 0 Å². The predicted octanol–water partition coefficient (Wildman–Crippen LogP) is 2.65. The van der Waals surface area contributed by atoms with Crippen LogP contribution in [0.15, 0.2) is 53.6 Å². The average Bonchev–Trinajstić information content (AvgIpc) is 2.99. The summed E-state index contributed by atoms with van der Waals surface area (Å²) in [5, 5.41) is 15.2. The van der Waals surface area contributed by atoms with Gasteiger partial charge < -0.3 is 10.2 Å². The van der Waals surface area contributed by atoms with Crippen LogP contribution < -0.4 is 10.2 Å². The summed E-state index contributed by atoms with van der Waals surface area (Å²) in [5.41, 5.74) is 6.20. The molecule has 0 unspecified atom stereocenters. The molecule has 22 heavy (non-hydrogen) atoms. The smallest absolute Gasteiger partial charge is 0.269 e. The molecule has 0 aromatic heterocycles. The quantitative estimate of drug-likeness (QED) is 0.682. The summed E-state index contributed by atoms with van der Waals surface area (Å²) in [6.45, 7) is 0.546. The molecule has 4 rings (SSSR count). The summed E-state index contributed by atoms with van der Waals surface area (Å²) < 4.78 is 5.82. The molecule has 2 aromatic rings. The highest BCUT2D eigenvalue weighted by Crippen LogP contribution is 2.37. The number of nitrogens with zero attached hydrogens (tertiary/aromatic N) is 2. The van der Waals surface area contributed by atoms with Gasteiger partial charge in [0.15, 0.2) is 0 Å². The van der Waals surface area contributed by atoms with Gasteiger partial charge in [0.1, 0.15) is 5.75 Å². The van der Waals surface area contributed by atoms with E-state index in [2.05, 4.69) is 10.5 Å². The van der Waals surface area contributed by atoms with Gasteiger partial charge in [0, 0.05) is 17.7 Å². The zero-order chi connectivity index (χ0) is 15.1. The minimum absolute atomic E-state index is 0.0239. The molecule has 110 valence electrons. The number of fused-ring (bicyclic) bond motifs is 3. The van der Waals surface area contributed by atoms with Crippen LogP contribution in [0, 0.1) is 16.0 Å². The Morgan fingerprint density at radius 3 is 2.73 bits per heavy atom. The van der Waals surface area contributed by atoms with E-state index < -0.39 is 4.92 Å². The Hall–Kier alpha value is -2.89. The fraction of sp³-hybridized carbons (Fsp3) is 0.188. The molecule has 0 spiro atoms. The van der Waals surface area contributed by atoms with Gasteiger partial charge in [-0.15, -0.1) is 0 Å². The number of non-ortho nitro benzene ring substituents is 1. The second-order valence-electron chi connectivity index (χ2n) is 5.37. The molecule has 0 saturated carbocycles. The number of nitro groups is 1. The molecule has 0 saturated heterocycles. The maximum atomic E-state index is 10.7. The van der Waals surface area contributed by atoms with E-state index >= 15 is 0 Å². The van der Waals surface area contributed by atoms with E-state index in [4.69, 9.17) is 4.74 Å². The molecular formula is C16H13N3O3. The molecular weight excluding hydrogens is 282 g/mol. The van der Waals surface area contributed by atoms with E-state index in [1.807, 2.05) is 24.3 Å². The minimum atomic E-state index is -0.395. The fourth-order valence-corrected chi connectivity index (χ4v) is 3.00. The normalized spacial score (nSPS) is 21.9. The van der Waals surface area contributed by atoms with Crippen molar-refractivity contribution in [3.8, 4) is 5.75 Å². The summed E-state index contributed by atoms with van der Waals surface area (Å²) in [6, 6.07) is 14.4. The lowest BCUT2D eigenvalue weighted by atomic mass is 9.86. The Labute approximate surface area is 126 Å². The molecule has 1 N–H and O–H groups in total. The molecule has 0 bridgehead atoms. The molecule has 6 nitrogen and oxygen atoms in total. The number of ether oxygens (including phenoxy) is 1. The van der Waals surface area contributed by atoms with Crippen molar-refractivity contribution in [3.05, 3.63) is 69.8 Å². The van der Waals surface area contributed by atoms with Crippen LogP contribution in [0.4, 0.5) is 5.69 Å². The molecule has 0 fully saturated rings. The van der Waals surface area contributed by atoms with Crippen molar-refractivity contribution in [1.82, 2.24) is 5.43 Å². The first kappa shape index (κ1) is 12.8. The second kappa shape index (κ2) is 4.84. The third kappa shape index (κ3) is 1.92. The number of hydrogen-bond acceptors (Lipinski definition) is 5. The van der Waals surface area contributed by atoms with E-state index in [1.54, 1.807) is 12.1 Å². The van der Waals surface area contributed by atoms with Gasteiger partial charge >= 0.3 is 0 Å². The number of para-hydroxylation sites is 1. The summed E-state index contributed by atoms with van der Waals surface area (Å²) in [7, 11) is 0. The number of rotatable bonds is 2. The van der Waals surface area contributed by atoms with E-state index in [0.29, 0.717) is 6.61 Å². The topological polar surface area (TPSA) is 76.8 Å². The first-order chi connectivity index (χ1) is 10.7. The van der Waals surface area contributed by atoms with Gasteiger partial charge in [0.05, 0.1) is 29.2 Å². The molecule has 6 heteroatoms. The molecule has 2 aromatic carbocycles. The van der Waals surface area contributed by atoms with Crippen LogP contribution in [0.2, 0.25) is 0 Å². The first-order valence-corrected chi connectivity index (χ1v) is 7.04. The molecule has 2 aliphatic rings. The largest absolute Gasteiger partial charge is 0.492 e. The van der Waals surface area contributed by atoms with Crippen LogP contribution in [0.3, 0.4) is 0 Å². The van der Waals surface area contributed by atoms with Crippen LogP contribution >= 0.6 is 0 Å². The minimum Gasteiger partial charge on any atom is -0.492 e.